The maximum absolute atomic E-state index is 10.8. The number of carboxylic acids is 1. The molecule has 0 aliphatic carbocycles. The number of carbonyl (C=O) groups is 1. The Bertz CT molecular complexity index is 742. The summed E-state index contributed by atoms with van der Waals surface area (Å²) in [6.07, 6.45) is 1.73. The lowest BCUT2D eigenvalue weighted by atomic mass is 10.1. The minimum absolute atomic E-state index is 0.0273. The van der Waals surface area contributed by atoms with Gasteiger partial charge in [0.2, 0.25) is 0 Å². The number of rotatable bonds is 2. The maximum Gasteiger partial charge on any atom is 0.353 e. The third kappa shape index (κ3) is 1.51. The van der Waals surface area contributed by atoms with Gasteiger partial charge in [0.15, 0.2) is 0 Å². The van der Waals surface area contributed by atoms with Gasteiger partial charge in [-0.1, -0.05) is 0 Å². The first-order valence-electron chi connectivity index (χ1n) is 5.24. The number of carboxylic acid groups (broad SMARTS) is 1. The Morgan fingerprint density at radius 2 is 2.11 bits per heavy atom. The molecule has 0 saturated carbocycles. The summed E-state index contributed by atoms with van der Waals surface area (Å²) < 4.78 is 0. The van der Waals surface area contributed by atoms with Crippen molar-refractivity contribution >= 4 is 16.9 Å². The summed E-state index contributed by atoms with van der Waals surface area (Å²) in [5, 5.41) is 25.5. The van der Waals surface area contributed by atoms with E-state index in [0.717, 1.165) is 16.5 Å². The van der Waals surface area contributed by atoms with Crippen LogP contribution in [-0.2, 0) is 0 Å². The molecule has 90 valence electrons. The zero-order chi connectivity index (χ0) is 12.7. The highest BCUT2D eigenvalue weighted by Crippen LogP contribution is 2.29. The Labute approximate surface area is 101 Å². The summed E-state index contributed by atoms with van der Waals surface area (Å²) in [6, 6.07) is 6.39. The minimum atomic E-state index is -1.06. The zero-order valence-electron chi connectivity index (χ0n) is 9.14. The molecule has 6 nitrogen and oxygen atoms in total. The van der Waals surface area contributed by atoms with E-state index in [0.29, 0.717) is 5.69 Å². The summed E-state index contributed by atoms with van der Waals surface area (Å²) >= 11 is 0. The van der Waals surface area contributed by atoms with Crippen molar-refractivity contribution < 1.29 is 15.0 Å². The van der Waals surface area contributed by atoms with Gasteiger partial charge in [0, 0.05) is 22.7 Å². The molecule has 0 spiro atoms. The lowest BCUT2D eigenvalue weighted by Gasteiger charge is -1.95. The molecule has 2 aromatic heterocycles. The number of hydrogen-bond donors (Lipinski definition) is 4. The van der Waals surface area contributed by atoms with Gasteiger partial charge in [-0.05, 0) is 24.3 Å². The van der Waals surface area contributed by atoms with Crippen LogP contribution in [0.15, 0.2) is 30.5 Å². The smallest absolute Gasteiger partial charge is 0.353 e. The summed E-state index contributed by atoms with van der Waals surface area (Å²) in [7, 11) is 0. The minimum Gasteiger partial charge on any atom is -0.508 e. The number of hydrogen-bond acceptors (Lipinski definition) is 3. The second-order valence-electron chi connectivity index (χ2n) is 3.90. The highest BCUT2D eigenvalue weighted by molar-refractivity contribution is 5.96. The molecular formula is C12H9N3O3. The number of aromatic nitrogens is 3. The molecule has 1 aromatic carbocycles. The van der Waals surface area contributed by atoms with Crippen molar-refractivity contribution in [3.05, 3.63) is 36.2 Å². The van der Waals surface area contributed by atoms with Gasteiger partial charge in [-0.15, -0.1) is 0 Å². The molecule has 6 heteroatoms. The van der Waals surface area contributed by atoms with Crippen LogP contribution in [-0.4, -0.2) is 31.4 Å². The van der Waals surface area contributed by atoms with Crippen LogP contribution in [0.4, 0.5) is 0 Å². The Balaban J connectivity index is 2.18. The van der Waals surface area contributed by atoms with Crippen molar-refractivity contribution in [2.45, 2.75) is 0 Å². The van der Waals surface area contributed by atoms with E-state index in [1.54, 1.807) is 24.4 Å². The molecule has 0 aliphatic heterocycles. The summed E-state index contributed by atoms with van der Waals surface area (Å²) in [5.41, 5.74) is 2.14. The monoisotopic (exact) mass is 243 g/mol. The van der Waals surface area contributed by atoms with Crippen molar-refractivity contribution in [3.8, 4) is 17.0 Å². The van der Waals surface area contributed by atoms with Gasteiger partial charge < -0.3 is 15.2 Å². The summed E-state index contributed by atoms with van der Waals surface area (Å²) in [6.45, 7) is 0. The van der Waals surface area contributed by atoms with Crippen LogP contribution in [0.2, 0.25) is 0 Å². The molecule has 0 amide bonds. The molecule has 0 atom stereocenters. The van der Waals surface area contributed by atoms with E-state index >= 15 is 0 Å². The first kappa shape index (κ1) is 10.4. The number of fused-ring (bicyclic) bond motifs is 1. The molecule has 0 unspecified atom stereocenters. The number of phenolic OH excluding ortho intramolecular Hbond substituents is 1. The highest BCUT2D eigenvalue weighted by Gasteiger charge is 2.12. The average molecular weight is 243 g/mol. The first-order chi connectivity index (χ1) is 8.65. The molecule has 0 aliphatic rings. The van der Waals surface area contributed by atoms with E-state index in [2.05, 4.69) is 15.2 Å². The highest BCUT2D eigenvalue weighted by atomic mass is 16.4. The lowest BCUT2D eigenvalue weighted by Crippen LogP contribution is -1.95. The quantitative estimate of drug-likeness (QED) is 0.552. The van der Waals surface area contributed by atoms with E-state index in [4.69, 9.17) is 5.11 Å². The molecule has 0 fully saturated rings. The van der Waals surface area contributed by atoms with Gasteiger partial charge in [0.25, 0.3) is 0 Å². The number of benzene rings is 1. The normalized spacial score (nSPS) is 10.9. The van der Waals surface area contributed by atoms with E-state index in [1.165, 1.54) is 6.07 Å². The number of aromatic amines is 2. The van der Waals surface area contributed by atoms with Crippen LogP contribution < -0.4 is 0 Å². The number of H-pyrrole nitrogens is 2. The van der Waals surface area contributed by atoms with E-state index in [1.807, 2.05) is 0 Å². The van der Waals surface area contributed by atoms with Crippen LogP contribution >= 0.6 is 0 Å². The molecule has 18 heavy (non-hydrogen) atoms. The Kier molecular flexibility index (Phi) is 2.09. The number of aromatic hydroxyl groups is 1. The largest absolute Gasteiger partial charge is 0.508 e. The number of nitrogens with zero attached hydrogens (tertiary/aromatic N) is 1. The van der Waals surface area contributed by atoms with Crippen molar-refractivity contribution in [3.63, 3.8) is 0 Å². The zero-order valence-corrected chi connectivity index (χ0v) is 9.14. The summed E-state index contributed by atoms with van der Waals surface area (Å²) in [5.74, 6) is -0.909. The van der Waals surface area contributed by atoms with Crippen LogP contribution in [0.5, 0.6) is 5.75 Å². The average Bonchev–Trinajstić information content (AvgIpc) is 2.93. The number of nitrogens with one attached hydrogen (secondary N) is 2. The van der Waals surface area contributed by atoms with E-state index in [9.17, 15) is 9.90 Å². The molecule has 0 bridgehead atoms. The third-order valence-electron chi connectivity index (χ3n) is 2.75. The van der Waals surface area contributed by atoms with Crippen molar-refractivity contribution in [2.75, 3.05) is 0 Å². The van der Waals surface area contributed by atoms with Gasteiger partial charge >= 0.3 is 5.97 Å². The SMILES string of the molecule is O=C(O)c1cc(-c2c[nH]c3ccc(O)cc23)n[nH]1. The van der Waals surface area contributed by atoms with Gasteiger partial charge in [0.1, 0.15) is 11.4 Å². The fourth-order valence-corrected chi connectivity index (χ4v) is 1.89. The van der Waals surface area contributed by atoms with Crippen molar-refractivity contribution in [2.24, 2.45) is 0 Å². The van der Waals surface area contributed by atoms with E-state index < -0.39 is 5.97 Å². The third-order valence-corrected chi connectivity index (χ3v) is 2.75. The van der Waals surface area contributed by atoms with Crippen LogP contribution in [0.1, 0.15) is 10.5 Å². The fraction of sp³-hybridized carbons (Fsp3) is 0. The van der Waals surface area contributed by atoms with Crippen molar-refractivity contribution in [1.29, 1.82) is 0 Å². The Morgan fingerprint density at radius 3 is 2.83 bits per heavy atom. The second kappa shape index (κ2) is 3.63. The van der Waals surface area contributed by atoms with Crippen LogP contribution in [0, 0.1) is 0 Å². The van der Waals surface area contributed by atoms with Gasteiger partial charge in [-0.2, -0.15) is 5.10 Å². The Morgan fingerprint density at radius 1 is 1.28 bits per heavy atom. The molecular weight excluding hydrogens is 234 g/mol. The molecule has 2 heterocycles. The molecule has 3 rings (SSSR count). The second-order valence-corrected chi connectivity index (χ2v) is 3.90. The fourth-order valence-electron chi connectivity index (χ4n) is 1.89. The molecule has 3 aromatic rings. The van der Waals surface area contributed by atoms with Crippen LogP contribution in [0.3, 0.4) is 0 Å². The predicted molar refractivity (Wildman–Crippen MR) is 64.5 cm³/mol. The number of phenols is 1. The van der Waals surface area contributed by atoms with Crippen molar-refractivity contribution in [1.82, 2.24) is 15.2 Å². The maximum atomic E-state index is 10.8. The molecule has 4 N–H and O–H groups in total. The first-order valence-corrected chi connectivity index (χ1v) is 5.24. The molecule has 0 radical (unpaired) electrons. The van der Waals surface area contributed by atoms with E-state index in [-0.39, 0.29) is 11.4 Å². The molecule has 0 saturated heterocycles. The topological polar surface area (TPSA) is 102 Å². The standard InChI is InChI=1S/C12H9N3O3/c16-6-1-2-9-7(3-6)8(5-13-9)10-4-11(12(17)18)15-14-10/h1-5,13,16H,(H,14,15)(H,17,18). The van der Waals surface area contributed by atoms with Crippen LogP contribution in [0.25, 0.3) is 22.2 Å². The van der Waals surface area contributed by atoms with Gasteiger partial charge in [-0.25, -0.2) is 4.79 Å². The Hall–Kier alpha value is -2.76. The predicted octanol–water partition coefficient (Wildman–Crippen LogP) is 1.96. The summed E-state index contributed by atoms with van der Waals surface area (Å²) in [4.78, 5) is 13.8. The van der Waals surface area contributed by atoms with Gasteiger partial charge in [0.05, 0.1) is 5.69 Å². The lowest BCUT2D eigenvalue weighted by molar-refractivity contribution is 0.0690. The van der Waals surface area contributed by atoms with Gasteiger partial charge in [-0.3, -0.25) is 5.10 Å². The number of aromatic carboxylic acids is 1.